The molecule has 0 atom stereocenters. The summed E-state index contributed by atoms with van der Waals surface area (Å²) in [7, 11) is 0. The van der Waals surface area contributed by atoms with Crippen LogP contribution in [0.2, 0.25) is 0 Å². The number of aliphatic imine (C=N–C) groups is 1. The summed E-state index contributed by atoms with van der Waals surface area (Å²) >= 11 is 4.62. The molecule has 13 heavy (non-hydrogen) atoms. The Balaban J connectivity index is 2.49. The maximum atomic E-state index is 12.0. The number of alkyl halides is 3. The largest absolute Gasteiger partial charge is 0.357 e. The summed E-state index contributed by atoms with van der Waals surface area (Å²) in [6.07, 6.45) is 0.446. The fourth-order valence-corrected chi connectivity index (χ4v) is 0.907. The summed E-state index contributed by atoms with van der Waals surface area (Å²) in [5, 5.41) is -3.34. The molecule has 1 aromatic carbocycles. The van der Waals surface area contributed by atoms with Crippen molar-refractivity contribution in [2.24, 2.45) is 4.99 Å². The van der Waals surface area contributed by atoms with Crippen molar-refractivity contribution in [3.8, 4) is 0 Å². The van der Waals surface area contributed by atoms with Crippen molar-refractivity contribution < 1.29 is 8.78 Å². The van der Waals surface area contributed by atoms with Crippen molar-refractivity contribution in [3.63, 3.8) is 0 Å². The number of benzene rings is 1. The topological polar surface area (TPSA) is 12.4 Å². The maximum absolute atomic E-state index is 12.0. The van der Waals surface area contributed by atoms with Crippen LogP contribution in [0.4, 0.5) is 8.78 Å². The summed E-state index contributed by atoms with van der Waals surface area (Å²) in [4.78, 5) is 3.51. The zero-order valence-corrected chi connectivity index (χ0v) is 7.51. The van der Waals surface area contributed by atoms with Crippen LogP contribution in [-0.2, 0) is 6.54 Å². The van der Waals surface area contributed by atoms with E-state index in [0.29, 0.717) is 6.21 Å². The second-order valence-corrected chi connectivity index (χ2v) is 3.00. The Bertz CT molecular complexity index is 279. The Hall–Kier alpha value is -0.960. The third-order valence-corrected chi connectivity index (χ3v) is 1.45. The molecule has 0 aliphatic carbocycles. The molecule has 0 radical (unpaired) electrons. The lowest BCUT2D eigenvalue weighted by Gasteiger charge is -1.98. The number of rotatable bonds is 3. The molecule has 0 aromatic heterocycles. The molecule has 0 fully saturated rings. The molecule has 0 heterocycles. The van der Waals surface area contributed by atoms with E-state index in [4.69, 9.17) is 0 Å². The van der Waals surface area contributed by atoms with Crippen molar-refractivity contribution in [1.82, 2.24) is 0 Å². The van der Waals surface area contributed by atoms with Crippen LogP contribution in [0.3, 0.4) is 0 Å². The Labute approximate surface area is 80.1 Å². The van der Waals surface area contributed by atoms with E-state index >= 15 is 0 Å². The van der Waals surface area contributed by atoms with Gasteiger partial charge in [0.1, 0.15) is 0 Å². The maximum Gasteiger partial charge on any atom is 0.357 e. The number of hydrogen-bond donors (Lipinski definition) is 0. The second-order valence-electron chi connectivity index (χ2n) is 2.50. The van der Waals surface area contributed by atoms with Crippen LogP contribution >= 0.6 is 11.6 Å². The highest BCUT2D eigenvalue weighted by Crippen LogP contribution is 2.15. The monoisotopic (exact) mass is 203 g/mol. The van der Waals surface area contributed by atoms with E-state index in [1.54, 1.807) is 0 Å². The van der Waals surface area contributed by atoms with Gasteiger partial charge in [-0.3, -0.25) is 4.99 Å². The zero-order chi connectivity index (χ0) is 9.73. The first-order chi connectivity index (χ1) is 6.08. The normalized spacial score (nSPS) is 12.2. The molecule has 0 saturated heterocycles. The minimum absolute atomic E-state index is 0.225. The predicted molar refractivity (Wildman–Crippen MR) is 49.4 cm³/mol. The highest BCUT2D eigenvalue weighted by Gasteiger charge is 2.20. The average molecular weight is 204 g/mol. The SMILES string of the molecule is FC(F)(Cl)C=NCc1ccccc1. The summed E-state index contributed by atoms with van der Waals surface area (Å²) in [5.41, 5.74) is 0.875. The minimum Gasteiger partial charge on any atom is -0.285 e. The van der Waals surface area contributed by atoms with Crippen LogP contribution in [0.1, 0.15) is 5.56 Å². The fraction of sp³-hybridized carbons (Fsp3) is 0.222. The Morgan fingerprint density at radius 3 is 2.46 bits per heavy atom. The van der Waals surface area contributed by atoms with E-state index in [0.717, 1.165) is 5.56 Å². The third-order valence-electron chi connectivity index (χ3n) is 1.35. The zero-order valence-electron chi connectivity index (χ0n) is 6.75. The van der Waals surface area contributed by atoms with Gasteiger partial charge >= 0.3 is 5.38 Å². The van der Waals surface area contributed by atoms with Crippen LogP contribution in [0.5, 0.6) is 0 Å². The van der Waals surface area contributed by atoms with Crippen molar-refractivity contribution in [2.45, 2.75) is 11.9 Å². The van der Waals surface area contributed by atoms with Crippen LogP contribution in [0, 0.1) is 0 Å². The van der Waals surface area contributed by atoms with E-state index in [-0.39, 0.29) is 6.54 Å². The Morgan fingerprint density at radius 1 is 1.31 bits per heavy atom. The van der Waals surface area contributed by atoms with Crippen LogP contribution < -0.4 is 0 Å². The molecule has 0 saturated carbocycles. The highest BCUT2D eigenvalue weighted by atomic mass is 35.5. The van der Waals surface area contributed by atoms with Gasteiger partial charge in [-0.15, -0.1) is 0 Å². The van der Waals surface area contributed by atoms with Crippen molar-refractivity contribution in [2.75, 3.05) is 0 Å². The second kappa shape index (κ2) is 4.33. The Kier molecular flexibility index (Phi) is 3.37. The van der Waals surface area contributed by atoms with Gasteiger partial charge in [-0.05, 0) is 17.2 Å². The molecule has 0 bridgehead atoms. The molecule has 0 N–H and O–H groups in total. The summed E-state index contributed by atoms with van der Waals surface area (Å²) < 4.78 is 24.1. The first kappa shape index (κ1) is 10.1. The molecule has 1 nitrogen and oxygen atoms in total. The quantitative estimate of drug-likeness (QED) is 0.529. The van der Waals surface area contributed by atoms with Gasteiger partial charge in [0.25, 0.3) is 0 Å². The molecule has 0 unspecified atom stereocenters. The van der Waals surface area contributed by atoms with Crippen molar-refractivity contribution in [3.05, 3.63) is 35.9 Å². The highest BCUT2D eigenvalue weighted by molar-refractivity contribution is 6.29. The van der Waals surface area contributed by atoms with E-state index in [1.807, 2.05) is 30.3 Å². The van der Waals surface area contributed by atoms with Crippen LogP contribution in [-0.4, -0.2) is 11.6 Å². The van der Waals surface area contributed by atoms with Crippen LogP contribution in [0.25, 0.3) is 0 Å². The summed E-state index contributed by atoms with van der Waals surface area (Å²) in [6.45, 7) is 0.225. The molecular formula is C9H8ClF2N. The first-order valence-corrected chi connectivity index (χ1v) is 4.07. The van der Waals surface area contributed by atoms with Gasteiger partial charge in [-0.1, -0.05) is 30.3 Å². The summed E-state index contributed by atoms with van der Waals surface area (Å²) in [5.74, 6) is 0. The predicted octanol–water partition coefficient (Wildman–Crippen LogP) is 3.09. The molecule has 1 aromatic rings. The van der Waals surface area contributed by atoms with Gasteiger partial charge in [-0.25, -0.2) is 0 Å². The van der Waals surface area contributed by atoms with Gasteiger partial charge in [0.05, 0.1) is 12.8 Å². The lowest BCUT2D eigenvalue weighted by atomic mass is 10.2. The smallest absolute Gasteiger partial charge is 0.285 e. The molecule has 1 rings (SSSR count). The molecule has 0 aliphatic heterocycles. The van der Waals surface area contributed by atoms with E-state index < -0.39 is 5.38 Å². The molecular weight excluding hydrogens is 196 g/mol. The van der Waals surface area contributed by atoms with E-state index in [2.05, 4.69) is 16.6 Å². The van der Waals surface area contributed by atoms with E-state index in [1.165, 1.54) is 0 Å². The molecule has 0 aliphatic rings. The molecule has 4 heteroatoms. The minimum atomic E-state index is -3.34. The van der Waals surface area contributed by atoms with E-state index in [9.17, 15) is 8.78 Å². The van der Waals surface area contributed by atoms with Gasteiger partial charge < -0.3 is 0 Å². The van der Waals surface area contributed by atoms with Crippen LogP contribution in [0.15, 0.2) is 35.3 Å². The van der Waals surface area contributed by atoms with Gasteiger partial charge in [0, 0.05) is 0 Å². The molecule has 0 amide bonds. The number of nitrogens with zero attached hydrogens (tertiary/aromatic N) is 1. The standard InChI is InChI=1S/C9H8ClF2N/c10-9(11,12)7-13-6-8-4-2-1-3-5-8/h1-5,7H,6H2. The molecule has 0 spiro atoms. The fourth-order valence-electron chi connectivity index (χ4n) is 0.838. The average Bonchev–Trinajstić information content (AvgIpc) is 2.04. The number of hydrogen-bond acceptors (Lipinski definition) is 1. The molecule has 70 valence electrons. The van der Waals surface area contributed by atoms with Crippen molar-refractivity contribution >= 4 is 17.8 Å². The van der Waals surface area contributed by atoms with Gasteiger partial charge in [-0.2, -0.15) is 8.78 Å². The first-order valence-electron chi connectivity index (χ1n) is 3.69. The lowest BCUT2D eigenvalue weighted by Crippen LogP contribution is -2.06. The lowest BCUT2D eigenvalue weighted by molar-refractivity contribution is 0.181. The summed E-state index contributed by atoms with van der Waals surface area (Å²) in [6, 6.07) is 9.12. The Morgan fingerprint density at radius 2 is 1.92 bits per heavy atom. The third kappa shape index (κ3) is 4.58. The number of halogens is 3. The van der Waals surface area contributed by atoms with Gasteiger partial charge in [0.2, 0.25) is 0 Å². The van der Waals surface area contributed by atoms with Gasteiger partial charge in [0.15, 0.2) is 0 Å². The van der Waals surface area contributed by atoms with Crippen molar-refractivity contribution in [1.29, 1.82) is 0 Å².